The first-order valence-corrected chi connectivity index (χ1v) is 8.32. The summed E-state index contributed by atoms with van der Waals surface area (Å²) in [5.41, 5.74) is 1.08. The van der Waals surface area contributed by atoms with Crippen LogP contribution in [0.5, 0.6) is 0 Å². The fourth-order valence-corrected chi connectivity index (χ4v) is 4.19. The Kier molecular flexibility index (Phi) is 4.95. The molecule has 2 rings (SSSR count). The molecule has 1 fully saturated rings. The van der Waals surface area contributed by atoms with Gasteiger partial charge in [-0.1, -0.05) is 0 Å². The van der Waals surface area contributed by atoms with Gasteiger partial charge in [0.15, 0.2) is 9.84 Å². The van der Waals surface area contributed by atoms with Crippen LogP contribution in [0.4, 0.5) is 0 Å². The van der Waals surface area contributed by atoms with Crippen LogP contribution in [0.2, 0.25) is 0 Å². The van der Waals surface area contributed by atoms with Gasteiger partial charge in [-0.3, -0.25) is 0 Å². The molecule has 0 saturated carbocycles. The fraction of sp³-hybridized carbons (Fsp3) is 0.750. The number of methoxy groups -OCH3 is 1. The van der Waals surface area contributed by atoms with E-state index in [0.717, 1.165) is 31.7 Å². The predicted octanol–water partition coefficient (Wildman–Crippen LogP) is 0.0538. The molecule has 1 aliphatic heterocycles. The zero-order chi connectivity index (χ0) is 13.7. The lowest BCUT2D eigenvalue weighted by atomic mass is 10.1. The fourth-order valence-electron chi connectivity index (χ4n) is 2.34. The molecular weight excluding hydrogens is 266 g/mol. The third kappa shape index (κ3) is 4.29. The van der Waals surface area contributed by atoms with Gasteiger partial charge in [0.25, 0.3) is 0 Å². The SMILES string of the molecule is COCCNCc1cncn1CC1CCS(=O)(=O)C1. The molecule has 0 spiro atoms. The highest BCUT2D eigenvalue weighted by Gasteiger charge is 2.28. The standard InChI is InChI=1S/C12H21N3O3S/c1-18-4-3-13-6-12-7-14-10-15(12)8-11-2-5-19(16,17)9-11/h7,10-11,13H,2-6,8-9H2,1H3. The molecule has 0 aromatic carbocycles. The average molecular weight is 287 g/mol. The largest absolute Gasteiger partial charge is 0.383 e. The van der Waals surface area contributed by atoms with Gasteiger partial charge in [0.2, 0.25) is 0 Å². The molecule has 6 nitrogen and oxygen atoms in total. The van der Waals surface area contributed by atoms with Crippen LogP contribution in [0.3, 0.4) is 0 Å². The molecule has 1 saturated heterocycles. The number of hydrogen-bond acceptors (Lipinski definition) is 5. The summed E-state index contributed by atoms with van der Waals surface area (Å²) in [5, 5.41) is 3.27. The van der Waals surface area contributed by atoms with Crippen LogP contribution in [0.25, 0.3) is 0 Å². The second-order valence-corrected chi connectivity index (χ2v) is 7.20. The highest BCUT2D eigenvalue weighted by molar-refractivity contribution is 7.91. The Bertz CT molecular complexity index is 498. The molecule has 7 heteroatoms. The van der Waals surface area contributed by atoms with Crippen molar-refractivity contribution in [3.05, 3.63) is 18.2 Å². The number of nitrogens with one attached hydrogen (secondary N) is 1. The minimum Gasteiger partial charge on any atom is -0.383 e. The molecule has 0 amide bonds. The molecule has 1 atom stereocenters. The summed E-state index contributed by atoms with van der Waals surface area (Å²) in [5.74, 6) is 0.854. The Morgan fingerprint density at radius 3 is 3.11 bits per heavy atom. The molecule has 2 heterocycles. The Balaban J connectivity index is 1.86. The van der Waals surface area contributed by atoms with Crippen LogP contribution in [-0.4, -0.2) is 49.7 Å². The first-order valence-electron chi connectivity index (χ1n) is 6.50. The second-order valence-electron chi connectivity index (χ2n) is 4.98. The second kappa shape index (κ2) is 6.49. The topological polar surface area (TPSA) is 73.2 Å². The first-order chi connectivity index (χ1) is 9.11. The Morgan fingerprint density at radius 2 is 2.42 bits per heavy atom. The van der Waals surface area contributed by atoms with Gasteiger partial charge in [0, 0.05) is 32.9 Å². The third-order valence-electron chi connectivity index (χ3n) is 3.37. The van der Waals surface area contributed by atoms with Gasteiger partial charge in [-0.05, 0) is 12.3 Å². The molecular formula is C12H21N3O3S. The van der Waals surface area contributed by atoms with Gasteiger partial charge in [-0.25, -0.2) is 13.4 Å². The molecule has 1 aliphatic rings. The summed E-state index contributed by atoms with van der Waals surface area (Å²) >= 11 is 0. The number of nitrogens with zero attached hydrogens (tertiary/aromatic N) is 2. The van der Waals surface area contributed by atoms with Crippen molar-refractivity contribution in [1.29, 1.82) is 0 Å². The van der Waals surface area contributed by atoms with Crippen LogP contribution >= 0.6 is 0 Å². The molecule has 108 valence electrons. The Morgan fingerprint density at radius 1 is 1.58 bits per heavy atom. The van der Waals surface area contributed by atoms with Gasteiger partial charge in [0.1, 0.15) is 0 Å². The van der Waals surface area contributed by atoms with Crippen molar-refractivity contribution >= 4 is 9.84 Å². The summed E-state index contributed by atoms with van der Waals surface area (Å²) in [6.45, 7) is 2.93. The number of rotatable bonds is 7. The van der Waals surface area contributed by atoms with Gasteiger partial charge in [0.05, 0.1) is 30.1 Å². The zero-order valence-electron chi connectivity index (χ0n) is 11.2. The van der Waals surface area contributed by atoms with Crippen molar-refractivity contribution in [2.45, 2.75) is 19.5 Å². The molecule has 19 heavy (non-hydrogen) atoms. The molecule has 1 N–H and O–H groups in total. The molecule has 1 aromatic rings. The van der Waals surface area contributed by atoms with E-state index in [0.29, 0.717) is 18.1 Å². The van der Waals surface area contributed by atoms with E-state index in [9.17, 15) is 8.42 Å². The molecule has 0 radical (unpaired) electrons. The maximum absolute atomic E-state index is 11.4. The lowest BCUT2D eigenvalue weighted by molar-refractivity contribution is 0.199. The van der Waals surface area contributed by atoms with Crippen molar-refractivity contribution in [3.63, 3.8) is 0 Å². The van der Waals surface area contributed by atoms with Crippen molar-refractivity contribution in [1.82, 2.24) is 14.9 Å². The smallest absolute Gasteiger partial charge is 0.150 e. The molecule has 1 unspecified atom stereocenters. The number of imidazole rings is 1. The highest BCUT2D eigenvalue weighted by Crippen LogP contribution is 2.20. The van der Waals surface area contributed by atoms with E-state index >= 15 is 0 Å². The number of sulfone groups is 1. The number of hydrogen-bond donors (Lipinski definition) is 1. The summed E-state index contributed by atoms with van der Waals surface area (Å²) in [7, 11) is -1.13. The average Bonchev–Trinajstić information content (AvgIpc) is 2.92. The number of aromatic nitrogens is 2. The van der Waals surface area contributed by atoms with Crippen molar-refractivity contribution in [2.75, 3.05) is 31.8 Å². The summed E-state index contributed by atoms with van der Waals surface area (Å²) in [4.78, 5) is 4.14. The lowest BCUT2D eigenvalue weighted by Gasteiger charge is -2.12. The first kappa shape index (κ1) is 14.5. The van der Waals surface area contributed by atoms with Gasteiger partial charge in [-0.2, -0.15) is 0 Å². The zero-order valence-corrected chi connectivity index (χ0v) is 12.0. The summed E-state index contributed by atoms with van der Waals surface area (Å²) in [6.07, 6.45) is 4.36. The highest BCUT2D eigenvalue weighted by atomic mass is 32.2. The third-order valence-corrected chi connectivity index (χ3v) is 5.21. The van der Waals surface area contributed by atoms with E-state index in [2.05, 4.69) is 10.3 Å². The van der Waals surface area contributed by atoms with Crippen LogP contribution in [0.15, 0.2) is 12.5 Å². The van der Waals surface area contributed by atoms with Crippen LogP contribution < -0.4 is 5.32 Å². The number of ether oxygens (including phenoxy) is 1. The van der Waals surface area contributed by atoms with E-state index in [1.165, 1.54) is 0 Å². The van der Waals surface area contributed by atoms with E-state index in [1.807, 2.05) is 10.8 Å². The van der Waals surface area contributed by atoms with E-state index in [-0.39, 0.29) is 5.92 Å². The quantitative estimate of drug-likeness (QED) is 0.718. The van der Waals surface area contributed by atoms with E-state index in [4.69, 9.17) is 4.74 Å². The van der Waals surface area contributed by atoms with Crippen LogP contribution in [0.1, 0.15) is 12.1 Å². The van der Waals surface area contributed by atoms with Gasteiger partial charge in [-0.15, -0.1) is 0 Å². The Hall–Kier alpha value is -0.920. The molecule has 0 aliphatic carbocycles. The van der Waals surface area contributed by atoms with Gasteiger partial charge < -0.3 is 14.6 Å². The van der Waals surface area contributed by atoms with Crippen molar-refractivity contribution in [3.8, 4) is 0 Å². The summed E-state index contributed by atoms with van der Waals surface area (Å²) in [6, 6.07) is 0. The van der Waals surface area contributed by atoms with Gasteiger partial charge >= 0.3 is 0 Å². The van der Waals surface area contributed by atoms with Crippen molar-refractivity contribution in [2.24, 2.45) is 5.92 Å². The van der Waals surface area contributed by atoms with Crippen LogP contribution in [-0.2, 0) is 27.7 Å². The summed E-state index contributed by atoms with van der Waals surface area (Å²) < 4.78 is 29.9. The minimum atomic E-state index is -2.80. The van der Waals surface area contributed by atoms with E-state index < -0.39 is 9.84 Å². The molecule has 0 bridgehead atoms. The normalized spacial score (nSPS) is 21.8. The predicted molar refractivity (Wildman–Crippen MR) is 72.6 cm³/mol. The van der Waals surface area contributed by atoms with Crippen LogP contribution in [0, 0.1) is 5.92 Å². The lowest BCUT2D eigenvalue weighted by Crippen LogP contribution is -2.21. The minimum absolute atomic E-state index is 0.219. The monoisotopic (exact) mass is 287 g/mol. The maximum atomic E-state index is 11.4. The Labute approximate surface area is 114 Å². The van der Waals surface area contributed by atoms with E-state index in [1.54, 1.807) is 13.4 Å². The maximum Gasteiger partial charge on any atom is 0.150 e. The molecule has 1 aromatic heterocycles. The van der Waals surface area contributed by atoms with Crippen molar-refractivity contribution < 1.29 is 13.2 Å².